The molecule has 3 aromatic heterocycles. The van der Waals surface area contributed by atoms with Crippen LogP contribution in [0.1, 0.15) is 0 Å². The second kappa shape index (κ2) is 13.4. The van der Waals surface area contributed by atoms with Crippen molar-refractivity contribution in [2.24, 2.45) is 0 Å². The molecule has 0 saturated heterocycles. The summed E-state index contributed by atoms with van der Waals surface area (Å²) < 4.78 is 13.4. The summed E-state index contributed by atoms with van der Waals surface area (Å²) in [7, 11) is 0. The predicted molar refractivity (Wildman–Crippen MR) is 264 cm³/mol. The number of fused-ring (bicyclic) bond motifs is 15. The van der Waals surface area contributed by atoms with Crippen LogP contribution >= 0.6 is 0 Å². The first-order chi connectivity index (χ1) is 31.7. The molecule has 0 amide bonds. The minimum atomic E-state index is 0.576. The predicted octanol–water partition coefficient (Wildman–Crippen LogP) is 16.1. The molecule has 296 valence electrons. The molecular weight excluding hydrogens is 783 g/mol. The van der Waals surface area contributed by atoms with Gasteiger partial charge in [-0.3, -0.25) is 0 Å². The van der Waals surface area contributed by atoms with Crippen LogP contribution in [0.5, 0.6) is 0 Å². The van der Waals surface area contributed by atoms with Crippen molar-refractivity contribution in [1.82, 2.24) is 15.0 Å². The van der Waals surface area contributed by atoms with E-state index in [4.69, 9.17) is 23.8 Å². The fourth-order valence-electron chi connectivity index (χ4n) is 10.3. The Morgan fingerprint density at radius 2 is 0.828 bits per heavy atom. The Bertz CT molecular complexity index is 4230. The zero-order chi connectivity index (χ0) is 41.9. The highest BCUT2D eigenvalue weighted by Gasteiger charge is 2.23. The first kappa shape index (κ1) is 35.0. The van der Waals surface area contributed by atoms with Crippen molar-refractivity contribution in [3.63, 3.8) is 0 Å². The van der Waals surface area contributed by atoms with Gasteiger partial charge >= 0.3 is 0 Å². The van der Waals surface area contributed by atoms with Crippen molar-refractivity contribution >= 4 is 97.7 Å². The summed E-state index contributed by atoms with van der Waals surface area (Å²) in [5.74, 6) is 1.78. The summed E-state index contributed by atoms with van der Waals surface area (Å²) in [5, 5.41) is 15.9. The Labute approximate surface area is 365 Å². The van der Waals surface area contributed by atoms with Crippen molar-refractivity contribution in [2.45, 2.75) is 0 Å². The molecule has 64 heavy (non-hydrogen) atoms. The Morgan fingerprint density at radius 1 is 0.281 bits per heavy atom. The first-order valence-electron chi connectivity index (χ1n) is 21.6. The molecular formula is C59H33N3O2. The maximum atomic E-state index is 7.12. The van der Waals surface area contributed by atoms with Gasteiger partial charge in [0, 0.05) is 49.2 Å². The average Bonchev–Trinajstić information content (AvgIpc) is 3.93. The molecule has 5 nitrogen and oxygen atoms in total. The van der Waals surface area contributed by atoms with Crippen molar-refractivity contribution in [3.8, 4) is 45.3 Å². The molecule has 14 aromatic rings. The van der Waals surface area contributed by atoms with Gasteiger partial charge in [0.15, 0.2) is 17.5 Å². The van der Waals surface area contributed by atoms with E-state index in [1.54, 1.807) is 0 Å². The molecule has 0 bridgehead atoms. The van der Waals surface area contributed by atoms with Gasteiger partial charge < -0.3 is 8.83 Å². The number of furan rings is 2. The molecule has 0 unspecified atom stereocenters. The highest BCUT2D eigenvalue weighted by molar-refractivity contribution is 6.34. The summed E-state index contributed by atoms with van der Waals surface area (Å²) in [4.78, 5) is 15.5. The van der Waals surface area contributed by atoms with E-state index < -0.39 is 0 Å². The van der Waals surface area contributed by atoms with Gasteiger partial charge in [0.05, 0.1) is 0 Å². The number of benzene rings is 11. The summed E-state index contributed by atoms with van der Waals surface area (Å²) in [6.45, 7) is 0. The van der Waals surface area contributed by atoms with Crippen LogP contribution in [-0.4, -0.2) is 15.0 Å². The summed E-state index contributed by atoms with van der Waals surface area (Å²) in [5.41, 5.74) is 8.34. The van der Waals surface area contributed by atoms with Gasteiger partial charge in [0.1, 0.15) is 22.3 Å². The van der Waals surface area contributed by atoms with Crippen LogP contribution in [-0.2, 0) is 0 Å². The van der Waals surface area contributed by atoms with E-state index in [0.717, 1.165) is 98.6 Å². The molecule has 0 N–H and O–H groups in total. The van der Waals surface area contributed by atoms with Gasteiger partial charge in [0.25, 0.3) is 0 Å². The number of nitrogens with zero attached hydrogens (tertiary/aromatic N) is 3. The lowest BCUT2D eigenvalue weighted by Crippen LogP contribution is -2.00. The number of hydrogen-bond donors (Lipinski definition) is 0. The lowest BCUT2D eigenvalue weighted by Gasteiger charge is -2.15. The largest absolute Gasteiger partial charge is 0.456 e. The van der Waals surface area contributed by atoms with Crippen LogP contribution in [0.3, 0.4) is 0 Å². The molecule has 3 heterocycles. The summed E-state index contributed by atoms with van der Waals surface area (Å²) in [6.07, 6.45) is 0. The molecule has 0 atom stereocenters. The summed E-state index contributed by atoms with van der Waals surface area (Å²) >= 11 is 0. The lowest BCUT2D eigenvalue weighted by atomic mass is 9.88. The van der Waals surface area contributed by atoms with E-state index in [1.165, 1.54) is 26.9 Å². The van der Waals surface area contributed by atoms with Crippen molar-refractivity contribution in [1.29, 1.82) is 0 Å². The average molecular weight is 816 g/mol. The number of hydrogen-bond acceptors (Lipinski definition) is 5. The third kappa shape index (κ3) is 5.09. The molecule has 14 rings (SSSR count). The molecule has 0 aliphatic rings. The molecule has 11 aromatic carbocycles. The SMILES string of the molecule is c1ccc(-c2nc(-c3ccc4c(c3)oc3ccccc34)nc(-c3cccc4c(-c5c6ccccc6cc6oc7c(ccc8c9ccccc9c9ccccc9c87)c56)cccc34)n2)cc1. The highest BCUT2D eigenvalue weighted by atomic mass is 16.3. The van der Waals surface area contributed by atoms with E-state index in [1.807, 2.05) is 54.6 Å². The molecule has 0 radical (unpaired) electrons. The van der Waals surface area contributed by atoms with Gasteiger partial charge in [-0.2, -0.15) is 0 Å². The zero-order valence-corrected chi connectivity index (χ0v) is 34.2. The Hall–Kier alpha value is -8.67. The normalized spacial score (nSPS) is 12.1. The van der Waals surface area contributed by atoms with E-state index in [9.17, 15) is 0 Å². The molecule has 0 aliphatic carbocycles. The van der Waals surface area contributed by atoms with Gasteiger partial charge in [0.2, 0.25) is 0 Å². The van der Waals surface area contributed by atoms with Crippen molar-refractivity contribution < 1.29 is 8.83 Å². The fourth-order valence-corrected chi connectivity index (χ4v) is 10.3. The maximum absolute atomic E-state index is 7.12. The molecule has 0 aliphatic heterocycles. The smallest absolute Gasteiger partial charge is 0.164 e. The monoisotopic (exact) mass is 815 g/mol. The summed E-state index contributed by atoms with van der Waals surface area (Å²) in [6, 6.07) is 70.3. The standard InChI is InChI=1S/C59H33N3O2/c1-2-14-34(15-3-1)57-60-58(36-28-29-44-43-21-10-11-27-50(43)63-51(44)33-36)62-59(61-57)48-26-13-23-41-42(48)24-12-25-45(41)53-37-17-5-4-16-35(37)32-52-55(53)49-31-30-47-40-20-7-6-18-38(40)39-19-8-9-22-46(39)54(47)56(49)64-52/h1-33H. The van der Waals surface area contributed by atoms with Crippen LogP contribution in [0.4, 0.5) is 0 Å². The van der Waals surface area contributed by atoms with E-state index in [-0.39, 0.29) is 0 Å². The van der Waals surface area contributed by atoms with Crippen LogP contribution in [0.25, 0.3) is 143 Å². The quantitative estimate of drug-likeness (QED) is 0.166. The number of para-hydroxylation sites is 1. The van der Waals surface area contributed by atoms with Crippen LogP contribution in [0, 0.1) is 0 Å². The van der Waals surface area contributed by atoms with Crippen LogP contribution in [0.2, 0.25) is 0 Å². The fraction of sp³-hybridized carbons (Fsp3) is 0. The maximum Gasteiger partial charge on any atom is 0.164 e. The molecule has 0 fully saturated rings. The highest BCUT2D eigenvalue weighted by Crippen LogP contribution is 2.48. The van der Waals surface area contributed by atoms with Gasteiger partial charge in [-0.05, 0) is 84.4 Å². The molecule has 0 spiro atoms. The second-order valence-electron chi connectivity index (χ2n) is 16.6. The topological polar surface area (TPSA) is 65.0 Å². The Morgan fingerprint density at radius 3 is 1.62 bits per heavy atom. The first-order valence-corrected chi connectivity index (χ1v) is 21.6. The van der Waals surface area contributed by atoms with Gasteiger partial charge in [-0.1, -0.05) is 170 Å². The van der Waals surface area contributed by atoms with Gasteiger partial charge in [-0.15, -0.1) is 0 Å². The third-order valence-corrected chi connectivity index (χ3v) is 13.1. The molecule has 0 saturated carbocycles. The van der Waals surface area contributed by atoms with Crippen molar-refractivity contribution in [2.75, 3.05) is 0 Å². The zero-order valence-electron chi connectivity index (χ0n) is 34.2. The Balaban J connectivity index is 1.02. The third-order valence-electron chi connectivity index (χ3n) is 13.1. The van der Waals surface area contributed by atoms with E-state index in [2.05, 4.69) is 146 Å². The Kier molecular flexibility index (Phi) is 7.33. The van der Waals surface area contributed by atoms with Crippen LogP contribution < -0.4 is 0 Å². The van der Waals surface area contributed by atoms with Crippen LogP contribution in [0.15, 0.2) is 209 Å². The minimum Gasteiger partial charge on any atom is -0.456 e. The van der Waals surface area contributed by atoms with Crippen molar-refractivity contribution in [3.05, 3.63) is 200 Å². The lowest BCUT2D eigenvalue weighted by molar-refractivity contribution is 0.669. The number of rotatable bonds is 4. The minimum absolute atomic E-state index is 0.576. The van der Waals surface area contributed by atoms with E-state index in [0.29, 0.717) is 17.5 Å². The molecule has 5 heteroatoms. The second-order valence-corrected chi connectivity index (χ2v) is 16.6. The van der Waals surface area contributed by atoms with Gasteiger partial charge in [-0.25, -0.2) is 15.0 Å². The van der Waals surface area contributed by atoms with E-state index >= 15 is 0 Å². The number of aromatic nitrogens is 3.